The number of amides is 1. The van der Waals surface area contributed by atoms with Gasteiger partial charge < -0.3 is 19.5 Å². The first kappa shape index (κ1) is 26.9. The van der Waals surface area contributed by atoms with E-state index >= 15 is 0 Å². The van der Waals surface area contributed by atoms with Gasteiger partial charge in [0.05, 0.1) is 12.7 Å². The van der Waals surface area contributed by atoms with Crippen LogP contribution >= 0.6 is 0 Å². The molecule has 3 aromatic rings. The second kappa shape index (κ2) is 12.5. The summed E-state index contributed by atoms with van der Waals surface area (Å²) in [7, 11) is 0. The van der Waals surface area contributed by atoms with Crippen LogP contribution in [0.5, 0.6) is 5.88 Å². The molecule has 8 nitrogen and oxygen atoms in total. The highest BCUT2D eigenvalue weighted by atomic mass is 16.5. The molecule has 1 fully saturated rings. The van der Waals surface area contributed by atoms with Crippen molar-refractivity contribution in [2.75, 3.05) is 19.8 Å². The van der Waals surface area contributed by atoms with Crippen molar-refractivity contribution in [3.8, 4) is 5.88 Å². The van der Waals surface area contributed by atoms with Crippen LogP contribution in [0.15, 0.2) is 128 Å². The average molecular weight is 537 g/mol. The standard InChI is InChI=1S/C32H32N4O4/c1-3-19-34-23-36(28(25-14-9-6-10-15-25)26-16-11-18-33-31(26)39-21-4-2)35-20-17-27(37)30(29(35)32(34)38)40-22-24-12-7-5-8-13-24/h3-18,20,27-28,37H,1-2,19,21-23H2. The van der Waals surface area contributed by atoms with E-state index in [1.54, 1.807) is 40.5 Å². The minimum Gasteiger partial charge on any atom is -0.488 e. The zero-order valence-corrected chi connectivity index (χ0v) is 22.2. The molecule has 0 spiro atoms. The lowest BCUT2D eigenvalue weighted by molar-refractivity contribution is -0.149. The number of nitrogens with zero attached hydrogens (tertiary/aromatic N) is 4. The van der Waals surface area contributed by atoms with Gasteiger partial charge in [-0.15, -0.1) is 6.58 Å². The molecule has 2 unspecified atom stereocenters. The average Bonchev–Trinajstić information content (AvgIpc) is 2.99. The molecule has 2 aromatic carbocycles. The van der Waals surface area contributed by atoms with Gasteiger partial charge in [-0.1, -0.05) is 85.5 Å². The van der Waals surface area contributed by atoms with Crippen LogP contribution in [0, 0.1) is 0 Å². The quantitative estimate of drug-likeness (QED) is 0.360. The highest BCUT2D eigenvalue weighted by molar-refractivity contribution is 5.94. The lowest BCUT2D eigenvalue weighted by atomic mass is 9.98. The zero-order valence-electron chi connectivity index (χ0n) is 22.2. The first-order chi connectivity index (χ1) is 19.6. The molecule has 1 amide bonds. The van der Waals surface area contributed by atoms with Crippen LogP contribution in [0.25, 0.3) is 0 Å². The third kappa shape index (κ3) is 5.54. The Labute approximate surface area is 234 Å². The molecule has 3 heterocycles. The number of ether oxygens (including phenoxy) is 2. The van der Waals surface area contributed by atoms with Gasteiger partial charge in [0, 0.05) is 24.5 Å². The lowest BCUT2D eigenvalue weighted by Crippen LogP contribution is -2.58. The monoisotopic (exact) mass is 536 g/mol. The maximum absolute atomic E-state index is 13.8. The molecule has 1 N–H and O–H groups in total. The Morgan fingerprint density at radius 2 is 1.75 bits per heavy atom. The van der Waals surface area contributed by atoms with Crippen molar-refractivity contribution in [3.05, 3.63) is 145 Å². The third-order valence-electron chi connectivity index (χ3n) is 6.66. The van der Waals surface area contributed by atoms with E-state index in [0.29, 0.717) is 19.0 Å². The lowest BCUT2D eigenvalue weighted by Gasteiger charge is -2.49. The smallest absolute Gasteiger partial charge is 0.276 e. The van der Waals surface area contributed by atoms with E-state index in [9.17, 15) is 9.90 Å². The van der Waals surface area contributed by atoms with Crippen LogP contribution in [0.3, 0.4) is 0 Å². The Morgan fingerprint density at radius 1 is 1.00 bits per heavy atom. The summed E-state index contributed by atoms with van der Waals surface area (Å²) in [5.74, 6) is 0.399. The second-order valence-corrected chi connectivity index (χ2v) is 9.33. The van der Waals surface area contributed by atoms with Crippen LogP contribution in [0.1, 0.15) is 22.7 Å². The molecule has 204 valence electrons. The van der Waals surface area contributed by atoms with Crippen LogP contribution in [-0.2, 0) is 16.1 Å². The third-order valence-corrected chi connectivity index (χ3v) is 6.66. The minimum absolute atomic E-state index is 0.191. The molecule has 2 aliphatic heterocycles. The highest BCUT2D eigenvalue weighted by Crippen LogP contribution is 2.40. The number of pyridine rings is 1. The van der Waals surface area contributed by atoms with Crippen molar-refractivity contribution in [2.45, 2.75) is 18.8 Å². The molecule has 0 saturated carbocycles. The van der Waals surface area contributed by atoms with Gasteiger partial charge in [-0.3, -0.25) is 9.80 Å². The number of aliphatic hydroxyl groups is 1. The normalized spacial score (nSPS) is 17.8. The van der Waals surface area contributed by atoms with Crippen molar-refractivity contribution in [3.63, 3.8) is 0 Å². The largest absolute Gasteiger partial charge is 0.488 e. The van der Waals surface area contributed by atoms with Crippen molar-refractivity contribution in [1.82, 2.24) is 19.9 Å². The van der Waals surface area contributed by atoms with Gasteiger partial charge >= 0.3 is 0 Å². The number of aromatic nitrogens is 1. The molecule has 0 bridgehead atoms. The summed E-state index contributed by atoms with van der Waals surface area (Å²) in [6, 6.07) is 23.0. The van der Waals surface area contributed by atoms with E-state index in [2.05, 4.69) is 18.1 Å². The van der Waals surface area contributed by atoms with Gasteiger partial charge in [-0.2, -0.15) is 5.01 Å². The van der Waals surface area contributed by atoms with E-state index in [0.717, 1.165) is 16.7 Å². The summed E-state index contributed by atoms with van der Waals surface area (Å²) in [6.07, 6.45) is 7.30. The number of aliphatic hydroxyl groups excluding tert-OH is 1. The van der Waals surface area contributed by atoms with Crippen LogP contribution in [0.4, 0.5) is 0 Å². The van der Waals surface area contributed by atoms with Crippen molar-refractivity contribution in [1.29, 1.82) is 0 Å². The molecule has 5 rings (SSSR count). The molecule has 40 heavy (non-hydrogen) atoms. The van der Waals surface area contributed by atoms with Gasteiger partial charge in [-0.05, 0) is 23.3 Å². The molecule has 2 atom stereocenters. The molecular weight excluding hydrogens is 504 g/mol. The summed E-state index contributed by atoms with van der Waals surface area (Å²) in [5, 5.41) is 14.8. The SMILES string of the molecule is C=CCOc1ncccc1C(c1ccccc1)N1CN(CC=C)C(=O)C2=C(OCc3ccccc3)C(O)C=CN21. The molecule has 2 aliphatic rings. The summed E-state index contributed by atoms with van der Waals surface area (Å²) in [4.78, 5) is 20.0. The van der Waals surface area contributed by atoms with Crippen LogP contribution in [-0.4, -0.2) is 56.8 Å². The zero-order chi connectivity index (χ0) is 27.9. The first-order valence-corrected chi connectivity index (χ1v) is 13.1. The molecule has 0 radical (unpaired) electrons. The van der Waals surface area contributed by atoms with Gasteiger partial charge in [-0.25, -0.2) is 4.98 Å². The topological polar surface area (TPSA) is 78.4 Å². The Balaban J connectivity index is 1.63. The van der Waals surface area contributed by atoms with Gasteiger partial charge in [0.2, 0.25) is 5.88 Å². The predicted octanol–water partition coefficient (Wildman–Crippen LogP) is 4.56. The predicted molar refractivity (Wildman–Crippen MR) is 152 cm³/mol. The Hall–Kier alpha value is -4.66. The van der Waals surface area contributed by atoms with E-state index in [1.807, 2.05) is 77.8 Å². The fourth-order valence-electron chi connectivity index (χ4n) is 4.86. The number of rotatable bonds is 11. The molecular formula is C32H32N4O4. The maximum atomic E-state index is 13.8. The van der Waals surface area contributed by atoms with E-state index in [1.165, 1.54) is 0 Å². The number of hydrogen-bond donors (Lipinski definition) is 1. The maximum Gasteiger partial charge on any atom is 0.276 e. The van der Waals surface area contributed by atoms with Crippen molar-refractivity contribution < 1.29 is 19.4 Å². The Kier molecular flexibility index (Phi) is 8.39. The highest BCUT2D eigenvalue weighted by Gasteiger charge is 2.43. The number of benzene rings is 2. The fourth-order valence-corrected chi connectivity index (χ4v) is 4.86. The summed E-state index contributed by atoms with van der Waals surface area (Å²) in [6.45, 7) is 8.69. The van der Waals surface area contributed by atoms with E-state index in [-0.39, 0.29) is 30.6 Å². The molecule has 1 aromatic heterocycles. The number of carbonyl (C=O) groups is 1. The number of carbonyl (C=O) groups excluding carboxylic acids is 1. The number of fused-ring (bicyclic) bond motifs is 1. The molecule has 1 saturated heterocycles. The first-order valence-electron chi connectivity index (χ1n) is 13.1. The van der Waals surface area contributed by atoms with Gasteiger partial charge in [0.25, 0.3) is 5.91 Å². The summed E-state index contributed by atoms with van der Waals surface area (Å²) >= 11 is 0. The van der Waals surface area contributed by atoms with Gasteiger partial charge in [0.15, 0.2) is 11.5 Å². The Morgan fingerprint density at radius 3 is 2.48 bits per heavy atom. The summed E-state index contributed by atoms with van der Waals surface area (Å²) in [5.41, 5.74) is 2.96. The van der Waals surface area contributed by atoms with Crippen LogP contribution in [0.2, 0.25) is 0 Å². The van der Waals surface area contributed by atoms with Gasteiger partial charge in [0.1, 0.15) is 19.3 Å². The number of hydrazine groups is 1. The minimum atomic E-state index is -1.08. The van der Waals surface area contributed by atoms with Crippen LogP contribution < -0.4 is 4.74 Å². The second-order valence-electron chi connectivity index (χ2n) is 9.33. The van der Waals surface area contributed by atoms with E-state index in [4.69, 9.17) is 9.47 Å². The number of hydrogen-bond acceptors (Lipinski definition) is 7. The summed E-state index contributed by atoms with van der Waals surface area (Å²) < 4.78 is 12.1. The van der Waals surface area contributed by atoms with Crippen molar-refractivity contribution in [2.24, 2.45) is 0 Å². The fraction of sp³-hybridized carbons (Fsp3) is 0.188. The Bertz CT molecular complexity index is 1410. The van der Waals surface area contributed by atoms with Crippen molar-refractivity contribution >= 4 is 5.91 Å². The molecule has 0 aliphatic carbocycles. The molecule has 8 heteroatoms. The van der Waals surface area contributed by atoms with E-state index < -0.39 is 12.1 Å².